The number of sulfone groups is 1. The highest BCUT2D eigenvalue weighted by Gasteiger charge is 2.28. The maximum absolute atomic E-state index is 12.7. The molecule has 162 valence electrons. The number of furan rings is 1. The molecule has 2 heterocycles. The molecule has 2 aromatic carbocycles. The fourth-order valence-corrected chi connectivity index (χ4v) is 5.33. The lowest BCUT2D eigenvalue weighted by Crippen LogP contribution is -2.31. The molecule has 1 unspecified atom stereocenters. The Bertz CT molecular complexity index is 1160. The zero-order chi connectivity index (χ0) is 21.8. The molecular weight excluding hydrogens is 412 g/mol. The number of rotatable bonds is 8. The van der Waals surface area contributed by atoms with Gasteiger partial charge in [0.2, 0.25) is 0 Å². The molecule has 7 heteroatoms. The quantitative estimate of drug-likeness (QED) is 0.541. The van der Waals surface area contributed by atoms with Gasteiger partial charge in [-0.25, -0.2) is 8.42 Å². The molecule has 0 aliphatic carbocycles. The standard InChI is InChI=1S/C24H26N2O4S/c1-18-16-19-8-5-6-11-22(19)26(18)17-23-21(12-14-30-23)24(27)25-13-7-15-31(28,29)20-9-3-2-4-10-20/h2-6,8-12,14,18H,7,13,15-17H2,1H3,(H,25,27). The Kier molecular flexibility index (Phi) is 6.13. The van der Waals surface area contributed by atoms with Crippen molar-refractivity contribution < 1.29 is 17.6 Å². The second-order valence-corrected chi connectivity index (χ2v) is 9.92. The van der Waals surface area contributed by atoms with Crippen LogP contribution in [0.1, 0.15) is 35.0 Å². The lowest BCUT2D eigenvalue weighted by molar-refractivity contribution is 0.0951. The Morgan fingerprint density at radius 3 is 2.65 bits per heavy atom. The maximum atomic E-state index is 12.7. The van der Waals surface area contributed by atoms with Gasteiger partial charge in [-0.3, -0.25) is 4.79 Å². The van der Waals surface area contributed by atoms with Gasteiger partial charge in [-0.1, -0.05) is 36.4 Å². The molecule has 1 atom stereocenters. The molecule has 0 saturated heterocycles. The van der Waals surface area contributed by atoms with E-state index < -0.39 is 9.84 Å². The number of para-hydroxylation sites is 1. The van der Waals surface area contributed by atoms with Crippen molar-refractivity contribution in [3.8, 4) is 0 Å². The molecule has 0 saturated carbocycles. The predicted octanol–water partition coefficient (Wildman–Crippen LogP) is 3.82. The number of anilines is 1. The van der Waals surface area contributed by atoms with Gasteiger partial charge < -0.3 is 14.6 Å². The molecule has 4 rings (SSSR count). The number of nitrogens with zero attached hydrogens (tertiary/aromatic N) is 1. The minimum Gasteiger partial charge on any atom is -0.467 e. The number of hydrogen-bond donors (Lipinski definition) is 1. The van der Waals surface area contributed by atoms with Crippen molar-refractivity contribution in [1.82, 2.24) is 5.32 Å². The summed E-state index contributed by atoms with van der Waals surface area (Å²) in [5.74, 6) is 0.344. The lowest BCUT2D eigenvalue weighted by Gasteiger charge is -2.24. The molecule has 6 nitrogen and oxygen atoms in total. The molecule has 31 heavy (non-hydrogen) atoms. The van der Waals surface area contributed by atoms with Gasteiger partial charge in [0.25, 0.3) is 5.91 Å². The first-order chi connectivity index (χ1) is 15.0. The lowest BCUT2D eigenvalue weighted by atomic mass is 10.1. The van der Waals surface area contributed by atoms with E-state index in [1.54, 1.807) is 36.4 Å². The maximum Gasteiger partial charge on any atom is 0.254 e. The summed E-state index contributed by atoms with van der Waals surface area (Å²) in [7, 11) is -3.35. The summed E-state index contributed by atoms with van der Waals surface area (Å²) in [5.41, 5.74) is 2.96. The van der Waals surface area contributed by atoms with Crippen LogP contribution in [0.15, 0.2) is 76.2 Å². The number of carbonyl (C=O) groups excluding carboxylic acids is 1. The van der Waals surface area contributed by atoms with Crippen LogP contribution in [0.2, 0.25) is 0 Å². The first-order valence-electron chi connectivity index (χ1n) is 10.4. The van der Waals surface area contributed by atoms with Crippen molar-refractivity contribution in [2.75, 3.05) is 17.2 Å². The van der Waals surface area contributed by atoms with Crippen LogP contribution in [0.4, 0.5) is 5.69 Å². The van der Waals surface area contributed by atoms with Gasteiger partial charge in [0, 0.05) is 18.3 Å². The van der Waals surface area contributed by atoms with Crippen molar-refractivity contribution in [3.63, 3.8) is 0 Å². The molecule has 0 bridgehead atoms. The number of hydrogen-bond acceptors (Lipinski definition) is 5. The summed E-state index contributed by atoms with van der Waals surface area (Å²) in [6, 6.07) is 18.6. The molecule has 1 N–H and O–H groups in total. The molecule has 1 aromatic heterocycles. The van der Waals surface area contributed by atoms with E-state index in [4.69, 9.17) is 4.42 Å². The highest BCUT2D eigenvalue weighted by molar-refractivity contribution is 7.91. The number of nitrogens with one attached hydrogen (secondary N) is 1. The van der Waals surface area contributed by atoms with Crippen molar-refractivity contribution in [2.24, 2.45) is 0 Å². The van der Waals surface area contributed by atoms with Crippen molar-refractivity contribution in [3.05, 3.63) is 83.8 Å². The van der Waals surface area contributed by atoms with Crippen LogP contribution in [-0.2, 0) is 22.8 Å². The van der Waals surface area contributed by atoms with E-state index >= 15 is 0 Å². The summed E-state index contributed by atoms with van der Waals surface area (Å²) in [6.45, 7) is 2.95. The third-order valence-electron chi connectivity index (χ3n) is 5.63. The van der Waals surface area contributed by atoms with Crippen LogP contribution in [0.25, 0.3) is 0 Å². The summed E-state index contributed by atoms with van der Waals surface area (Å²) >= 11 is 0. The SMILES string of the molecule is CC1Cc2ccccc2N1Cc1occc1C(=O)NCCCS(=O)(=O)c1ccccc1. The molecule has 1 aliphatic rings. The third kappa shape index (κ3) is 4.66. The van der Waals surface area contributed by atoms with E-state index in [1.165, 1.54) is 17.5 Å². The van der Waals surface area contributed by atoms with Gasteiger partial charge in [0.05, 0.1) is 29.0 Å². The van der Waals surface area contributed by atoms with Gasteiger partial charge in [-0.15, -0.1) is 0 Å². The predicted molar refractivity (Wildman–Crippen MR) is 120 cm³/mol. The van der Waals surface area contributed by atoms with E-state index in [1.807, 2.05) is 12.1 Å². The summed E-state index contributed by atoms with van der Waals surface area (Å²) in [6.07, 6.45) is 2.83. The fraction of sp³-hybridized carbons (Fsp3) is 0.292. The van der Waals surface area contributed by atoms with Crippen molar-refractivity contribution in [2.45, 2.75) is 37.2 Å². The van der Waals surface area contributed by atoms with Crippen LogP contribution in [-0.4, -0.2) is 32.7 Å². The molecule has 0 spiro atoms. The first-order valence-corrected chi connectivity index (χ1v) is 12.1. The molecular formula is C24H26N2O4S. The zero-order valence-electron chi connectivity index (χ0n) is 17.5. The highest BCUT2D eigenvalue weighted by Crippen LogP contribution is 2.33. The van der Waals surface area contributed by atoms with Gasteiger partial charge in [0.1, 0.15) is 5.76 Å². The zero-order valence-corrected chi connectivity index (χ0v) is 18.3. The summed E-state index contributed by atoms with van der Waals surface area (Å²) in [4.78, 5) is 15.2. The average molecular weight is 439 g/mol. The van der Waals surface area contributed by atoms with Crippen molar-refractivity contribution >= 4 is 21.4 Å². The Morgan fingerprint density at radius 1 is 1.10 bits per heavy atom. The number of benzene rings is 2. The van der Waals surface area contributed by atoms with Crippen LogP contribution >= 0.6 is 0 Å². The van der Waals surface area contributed by atoms with E-state index in [0.29, 0.717) is 35.2 Å². The summed E-state index contributed by atoms with van der Waals surface area (Å²) in [5, 5.41) is 2.82. The van der Waals surface area contributed by atoms with Crippen molar-refractivity contribution in [1.29, 1.82) is 0 Å². The molecule has 0 fully saturated rings. The van der Waals surface area contributed by atoms with Gasteiger partial charge >= 0.3 is 0 Å². The second kappa shape index (κ2) is 8.98. The Labute approximate surface area is 182 Å². The first kappa shape index (κ1) is 21.2. The van der Waals surface area contributed by atoms with Gasteiger partial charge in [-0.2, -0.15) is 0 Å². The van der Waals surface area contributed by atoms with Crippen LogP contribution in [0, 0.1) is 0 Å². The summed E-state index contributed by atoms with van der Waals surface area (Å²) < 4.78 is 30.3. The Hall–Kier alpha value is -3.06. The largest absolute Gasteiger partial charge is 0.467 e. The monoisotopic (exact) mass is 438 g/mol. The topological polar surface area (TPSA) is 79.6 Å². The average Bonchev–Trinajstić information content (AvgIpc) is 3.36. The van der Waals surface area contributed by atoms with Crippen LogP contribution in [0.3, 0.4) is 0 Å². The minimum absolute atomic E-state index is 0.0163. The van der Waals surface area contributed by atoms with E-state index in [-0.39, 0.29) is 18.2 Å². The second-order valence-electron chi connectivity index (χ2n) is 7.81. The molecule has 1 aliphatic heterocycles. The third-order valence-corrected chi connectivity index (χ3v) is 7.45. The Morgan fingerprint density at radius 2 is 1.84 bits per heavy atom. The molecule has 0 radical (unpaired) electrons. The van der Waals surface area contributed by atoms with Crippen LogP contribution in [0.5, 0.6) is 0 Å². The molecule has 1 amide bonds. The number of fused-ring (bicyclic) bond motifs is 1. The Balaban J connectivity index is 1.34. The number of amides is 1. The smallest absolute Gasteiger partial charge is 0.254 e. The van der Waals surface area contributed by atoms with Gasteiger partial charge in [0.15, 0.2) is 9.84 Å². The van der Waals surface area contributed by atoms with Crippen LogP contribution < -0.4 is 10.2 Å². The van der Waals surface area contributed by atoms with E-state index in [2.05, 4.69) is 29.3 Å². The minimum atomic E-state index is -3.35. The fourth-order valence-electron chi connectivity index (χ4n) is 4.00. The normalized spacial score (nSPS) is 15.6. The molecule has 3 aromatic rings. The van der Waals surface area contributed by atoms with E-state index in [0.717, 1.165) is 6.42 Å². The van der Waals surface area contributed by atoms with Gasteiger partial charge in [-0.05, 0) is 49.6 Å². The number of carbonyl (C=O) groups is 1. The highest BCUT2D eigenvalue weighted by atomic mass is 32.2. The van der Waals surface area contributed by atoms with E-state index in [9.17, 15) is 13.2 Å².